The van der Waals surface area contributed by atoms with Crippen molar-refractivity contribution in [3.05, 3.63) is 40.5 Å². The minimum absolute atomic E-state index is 0.0000927. The van der Waals surface area contributed by atoms with Crippen molar-refractivity contribution in [1.29, 1.82) is 0 Å². The third-order valence-corrected chi connectivity index (χ3v) is 11.3. The van der Waals surface area contributed by atoms with E-state index in [4.69, 9.17) is 23.2 Å². The van der Waals surface area contributed by atoms with Gasteiger partial charge in [0.25, 0.3) is 5.78 Å². The molecule has 3 heterocycles. The van der Waals surface area contributed by atoms with E-state index >= 15 is 0 Å². The van der Waals surface area contributed by atoms with Crippen molar-refractivity contribution in [2.75, 3.05) is 5.32 Å². The summed E-state index contributed by atoms with van der Waals surface area (Å²) < 4.78 is 58.9. The summed E-state index contributed by atoms with van der Waals surface area (Å²) in [5.74, 6) is -0.857. The second-order valence-electron chi connectivity index (χ2n) is 8.03. The number of halogens is 6. The van der Waals surface area contributed by atoms with E-state index in [1.165, 1.54) is 12.1 Å². The van der Waals surface area contributed by atoms with Crippen LogP contribution in [-0.2, 0) is 0 Å². The third-order valence-electron chi connectivity index (χ3n) is 5.90. The second-order valence-corrected chi connectivity index (χ2v) is 13.7. The summed E-state index contributed by atoms with van der Waals surface area (Å²) in [6.07, 6.45) is -0.911. The largest absolute Gasteiger partial charge is 0.405 e. The fourth-order valence-electron chi connectivity index (χ4n) is 4.34. The first-order valence-electron chi connectivity index (χ1n) is 9.79. The van der Waals surface area contributed by atoms with Crippen molar-refractivity contribution in [3.63, 3.8) is 0 Å². The lowest BCUT2D eigenvalue weighted by atomic mass is 10.1. The molecule has 12 heteroatoms. The Balaban J connectivity index is 1.95. The number of fused-ring (bicyclic) bond motifs is 1. The summed E-state index contributed by atoms with van der Waals surface area (Å²) in [4.78, 5) is 8.01. The monoisotopic (exact) mass is 491 g/mol. The van der Waals surface area contributed by atoms with Gasteiger partial charge in [0.05, 0.1) is 18.7 Å². The van der Waals surface area contributed by atoms with Crippen LogP contribution in [0.15, 0.2) is 24.5 Å². The Morgan fingerprint density at radius 2 is 1.84 bits per heavy atom. The molecule has 0 aliphatic carbocycles. The number of rotatable bonds is 4. The molecule has 1 aromatic carbocycles. The van der Waals surface area contributed by atoms with E-state index in [0.717, 1.165) is 36.2 Å². The van der Waals surface area contributed by atoms with Crippen LogP contribution in [0.4, 0.5) is 23.4 Å². The molecule has 0 amide bonds. The summed E-state index contributed by atoms with van der Waals surface area (Å²) in [6, 6.07) is 5.08. The molecule has 1 aliphatic heterocycles. The van der Waals surface area contributed by atoms with Crippen molar-refractivity contribution >= 4 is 42.9 Å². The Hall–Kier alpha value is -1.91. The van der Waals surface area contributed by atoms with Gasteiger partial charge in [-0.05, 0) is 12.1 Å². The van der Waals surface area contributed by atoms with Crippen LogP contribution in [0.2, 0.25) is 28.8 Å². The molecule has 1 fully saturated rings. The molecule has 31 heavy (non-hydrogen) atoms. The smallest absolute Gasteiger partial charge is 0.361 e. The summed E-state index contributed by atoms with van der Waals surface area (Å²) >= 11 is 12.6. The Morgan fingerprint density at radius 3 is 2.48 bits per heavy atom. The van der Waals surface area contributed by atoms with Crippen molar-refractivity contribution in [1.82, 2.24) is 19.6 Å². The van der Waals surface area contributed by atoms with Gasteiger partial charge in [-0.3, -0.25) is 0 Å². The van der Waals surface area contributed by atoms with Gasteiger partial charge in [0, 0.05) is 5.56 Å². The first kappa shape index (κ1) is 22.3. The van der Waals surface area contributed by atoms with Crippen LogP contribution in [-0.4, -0.2) is 39.5 Å². The van der Waals surface area contributed by atoms with Crippen molar-refractivity contribution in [3.8, 4) is 11.1 Å². The van der Waals surface area contributed by atoms with E-state index in [2.05, 4.69) is 20.4 Å². The summed E-state index contributed by atoms with van der Waals surface area (Å²) in [6.45, 7) is 1.76. The predicted octanol–water partition coefficient (Wildman–Crippen LogP) is 6.38. The van der Waals surface area contributed by atoms with Gasteiger partial charge in [0.2, 0.25) is 0 Å². The summed E-state index contributed by atoms with van der Waals surface area (Å²) in [5, 5.41) is 6.46. The fourth-order valence-corrected chi connectivity index (χ4v) is 9.08. The molecule has 1 unspecified atom stereocenters. The fraction of sp³-hybridized carbons (Fsp3) is 0.421. The molecule has 5 nitrogen and oxygen atoms in total. The zero-order valence-corrected chi connectivity index (χ0v) is 19.0. The van der Waals surface area contributed by atoms with Gasteiger partial charge in [-0.25, -0.2) is 4.39 Å². The summed E-state index contributed by atoms with van der Waals surface area (Å²) in [5.41, 5.74) is -2.00. The van der Waals surface area contributed by atoms with Gasteiger partial charge in [-0.1, -0.05) is 67.2 Å². The molecule has 0 saturated carbocycles. The number of alkyl halides is 3. The second kappa shape index (κ2) is 8.21. The lowest BCUT2D eigenvalue weighted by Gasteiger charge is -2.40. The molecule has 1 aliphatic rings. The van der Waals surface area contributed by atoms with Gasteiger partial charge < -0.3 is 5.32 Å². The Morgan fingerprint density at radius 1 is 1.13 bits per heavy atom. The number of hydrogen-bond acceptors (Lipinski definition) is 4. The van der Waals surface area contributed by atoms with Crippen LogP contribution in [0.1, 0.15) is 19.3 Å². The lowest BCUT2D eigenvalue weighted by molar-refractivity contribution is -0.128. The quantitative estimate of drug-likeness (QED) is 0.261. The number of benzene rings is 1. The van der Waals surface area contributed by atoms with E-state index in [1.54, 1.807) is 6.55 Å². The Labute approximate surface area is 186 Å². The first-order chi connectivity index (χ1) is 14.6. The number of aromatic nitrogens is 4. The van der Waals surface area contributed by atoms with Gasteiger partial charge >= 0.3 is 6.18 Å². The predicted molar refractivity (Wildman–Crippen MR) is 115 cm³/mol. The average Bonchev–Trinajstić information content (AvgIpc) is 3.14. The maximum Gasteiger partial charge on any atom is 0.405 e. The first-order valence-corrected chi connectivity index (χ1v) is 13.5. The van der Waals surface area contributed by atoms with Crippen molar-refractivity contribution in [2.45, 2.75) is 49.7 Å². The molecular formula is C19H19Cl2F4N5Si. The van der Waals surface area contributed by atoms with Gasteiger partial charge in [0.15, 0.2) is 0 Å². The maximum atomic E-state index is 14.8. The average molecular weight is 492 g/mol. The standard InChI is InChI=1S/C19H19Cl2F4N5Si/c1-31(8-3-2-4-9-31)17(19(23,24)25)29-16-14(13-11(20)6-5-7-12(13)22)15(21)28-18-26-10-27-30(16)18/h5-7,10,17,29H,2-4,8-9H2,1H3. The van der Waals surface area contributed by atoms with Crippen LogP contribution in [0, 0.1) is 5.82 Å². The van der Waals surface area contributed by atoms with Gasteiger partial charge in [0.1, 0.15) is 28.8 Å². The van der Waals surface area contributed by atoms with Crippen LogP contribution < -0.4 is 5.32 Å². The minimum Gasteiger partial charge on any atom is -0.361 e. The molecule has 0 bridgehead atoms. The highest BCUT2D eigenvalue weighted by Gasteiger charge is 2.53. The number of hydrogen-bond donors (Lipinski definition) is 1. The van der Waals surface area contributed by atoms with Crippen LogP contribution in [0.25, 0.3) is 16.9 Å². The number of nitrogens with one attached hydrogen (secondary N) is 1. The normalized spacial score (nSPS) is 17.6. The Bertz CT molecular complexity index is 1090. The number of anilines is 1. The van der Waals surface area contributed by atoms with Crippen molar-refractivity contribution in [2.24, 2.45) is 0 Å². The van der Waals surface area contributed by atoms with Crippen LogP contribution >= 0.6 is 23.2 Å². The highest BCUT2D eigenvalue weighted by atomic mass is 35.5. The minimum atomic E-state index is -4.52. The van der Waals surface area contributed by atoms with E-state index in [-0.39, 0.29) is 32.9 Å². The van der Waals surface area contributed by atoms with Crippen molar-refractivity contribution < 1.29 is 17.6 Å². The van der Waals surface area contributed by atoms with E-state index < -0.39 is 25.7 Å². The van der Waals surface area contributed by atoms with Crippen LogP contribution in [0.5, 0.6) is 0 Å². The summed E-state index contributed by atoms with van der Waals surface area (Å²) in [7, 11) is -2.81. The lowest BCUT2D eigenvalue weighted by Crippen LogP contribution is -2.58. The topological polar surface area (TPSA) is 55.1 Å². The highest BCUT2D eigenvalue weighted by molar-refractivity contribution is 6.81. The molecule has 0 radical (unpaired) electrons. The molecule has 2 aromatic heterocycles. The van der Waals surface area contributed by atoms with Crippen LogP contribution in [0.3, 0.4) is 0 Å². The zero-order chi connectivity index (χ0) is 22.4. The number of nitrogens with zero attached hydrogens (tertiary/aromatic N) is 4. The van der Waals surface area contributed by atoms with E-state index in [0.29, 0.717) is 12.1 Å². The molecule has 1 saturated heterocycles. The molecule has 1 N–H and O–H groups in total. The molecule has 3 aromatic rings. The molecule has 0 spiro atoms. The van der Waals surface area contributed by atoms with Gasteiger partial charge in [-0.15, -0.1) is 0 Å². The molecule has 166 valence electrons. The van der Waals surface area contributed by atoms with E-state index in [1.807, 2.05) is 0 Å². The highest BCUT2D eigenvalue weighted by Crippen LogP contribution is 2.43. The third kappa shape index (κ3) is 4.12. The Kier molecular flexibility index (Phi) is 5.91. The van der Waals surface area contributed by atoms with Gasteiger partial charge in [-0.2, -0.15) is 32.8 Å². The zero-order valence-electron chi connectivity index (χ0n) is 16.5. The van der Waals surface area contributed by atoms with E-state index in [9.17, 15) is 17.6 Å². The SMILES string of the molecule is C[Si]1(C(Nc2c(-c3c(F)cccc3Cl)c(Cl)nc3ncnn23)C(F)(F)F)CCCCC1. The molecule has 4 rings (SSSR count). The maximum absolute atomic E-state index is 14.8. The molecular weight excluding hydrogens is 473 g/mol. The molecule has 1 atom stereocenters.